The summed E-state index contributed by atoms with van der Waals surface area (Å²) in [4.78, 5) is 29.9. The molecule has 0 fully saturated rings. The van der Waals surface area contributed by atoms with E-state index in [0.29, 0.717) is 25.2 Å². The molecule has 28 heavy (non-hydrogen) atoms. The van der Waals surface area contributed by atoms with Crippen LogP contribution < -0.4 is 16.7 Å². The molecule has 1 atom stereocenters. The van der Waals surface area contributed by atoms with Gasteiger partial charge >= 0.3 is 5.69 Å². The smallest absolute Gasteiger partial charge is 0.331 e. The molecule has 4 rings (SSSR count). The third-order valence-corrected chi connectivity index (χ3v) is 4.94. The topological polar surface area (TPSA) is 124 Å². The molecule has 9 nitrogen and oxygen atoms in total. The van der Waals surface area contributed by atoms with E-state index < -0.39 is 11.2 Å². The first-order chi connectivity index (χ1) is 13.6. The molecule has 0 aliphatic carbocycles. The van der Waals surface area contributed by atoms with Gasteiger partial charge in [0.2, 0.25) is 5.88 Å². The van der Waals surface area contributed by atoms with Crippen molar-refractivity contribution in [3.05, 3.63) is 62.4 Å². The van der Waals surface area contributed by atoms with Crippen molar-refractivity contribution in [2.75, 3.05) is 13.7 Å². The molecule has 0 spiro atoms. The monoisotopic (exact) mass is 383 g/mol. The van der Waals surface area contributed by atoms with Gasteiger partial charge < -0.3 is 20.3 Å². The quantitative estimate of drug-likeness (QED) is 0.476. The van der Waals surface area contributed by atoms with Gasteiger partial charge in [-0.25, -0.2) is 4.79 Å². The summed E-state index contributed by atoms with van der Waals surface area (Å²) in [5.41, 5.74) is 4.21. The van der Waals surface area contributed by atoms with Crippen LogP contribution in [0.15, 0.2) is 45.2 Å². The van der Waals surface area contributed by atoms with Crippen LogP contribution in [0, 0.1) is 0 Å². The average Bonchev–Trinajstić information content (AvgIpc) is 3.31. The fraction of sp³-hybridized carbons (Fsp3) is 0.316. The highest BCUT2D eigenvalue weighted by molar-refractivity contribution is 6.03. The van der Waals surface area contributed by atoms with Crippen LogP contribution in [0.1, 0.15) is 30.0 Å². The van der Waals surface area contributed by atoms with E-state index in [4.69, 9.17) is 4.74 Å². The second-order valence-corrected chi connectivity index (χ2v) is 6.69. The Labute approximate surface area is 159 Å². The van der Waals surface area contributed by atoms with Crippen LogP contribution in [-0.2, 0) is 11.3 Å². The van der Waals surface area contributed by atoms with Crippen molar-refractivity contribution in [1.29, 1.82) is 0 Å². The van der Waals surface area contributed by atoms with Crippen LogP contribution in [-0.4, -0.2) is 39.1 Å². The number of aromatic hydroxyl groups is 1. The minimum Gasteiger partial charge on any atom is -0.494 e. The van der Waals surface area contributed by atoms with Crippen molar-refractivity contribution in [3.63, 3.8) is 0 Å². The van der Waals surface area contributed by atoms with Crippen LogP contribution in [0.25, 0.3) is 10.9 Å². The number of fused-ring (bicyclic) bond motifs is 1. The van der Waals surface area contributed by atoms with E-state index in [0.717, 1.165) is 21.0 Å². The van der Waals surface area contributed by atoms with E-state index in [-0.39, 0.29) is 24.0 Å². The Hall–Kier alpha value is -3.33. The number of hydrazone groups is 1. The van der Waals surface area contributed by atoms with Crippen LogP contribution in [0.4, 0.5) is 0 Å². The second-order valence-electron chi connectivity index (χ2n) is 6.69. The molecule has 0 saturated heterocycles. The second kappa shape index (κ2) is 7.35. The number of hydrogen-bond acceptors (Lipinski definition) is 6. The summed E-state index contributed by atoms with van der Waals surface area (Å²) < 4.78 is 6.12. The predicted octanol–water partition coefficient (Wildman–Crippen LogP) is 1.20. The Bertz CT molecular complexity index is 1160. The number of methoxy groups -OCH3 is 1. The molecular weight excluding hydrogens is 362 g/mol. The number of hydrogen-bond donors (Lipinski definition) is 4. The molecule has 0 saturated carbocycles. The summed E-state index contributed by atoms with van der Waals surface area (Å²) in [6.45, 7) is 0.667. The van der Waals surface area contributed by atoms with Gasteiger partial charge in [-0.1, -0.05) is 18.2 Å². The zero-order chi connectivity index (χ0) is 19.7. The van der Waals surface area contributed by atoms with E-state index in [2.05, 4.69) is 20.5 Å². The average molecular weight is 383 g/mol. The number of nitrogens with one attached hydrogen (secondary N) is 3. The number of nitrogens with zero attached hydrogens (tertiary/aromatic N) is 2. The Kier molecular flexibility index (Phi) is 4.74. The maximum Gasteiger partial charge on any atom is 0.331 e. The lowest BCUT2D eigenvalue weighted by atomic mass is 9.99. The highest BCUT2D eigenvalue weighted by Gasteiger charge is 2.28. The Balaban J connectivity index is 1.64. The fourth-order valence-corrected chi connectivity index (χ4v) is 3.55. The van der Waals surface area contributed by atoms with Gasteiger partial charge in [-0.3, -0.25) is 14.3 Å². The lowest BCUT2D eigenvalue weighted by Gasteiger charge is -2.11. The number of H-pyrrole nitrogens is 2. The molecule has 1 aliphatic rings. The third-order valence-electron chi connectivity index (χ3n) is 4.94. The molecule has 1 aliphatic heterocycles. The molecule has 0 bridgehead atoms. The van der Waals surface area contributed by atoms with Gasteiger partial charge in [0, 0.05) is 49.3 Å². The molecule has 0 unspecified atom stereocenters. The van der Waals surface area contributed by atoms with Gasteiger partial charge in [-0.2, -0.15) is 5.10 Å². The minimum absolute atomic E-state index is 0.0202. The predicted molar refractivity (Wildman–Crippen MR) is 105 cm³/mol. The standard InChI is InChI=1S/C19H21N5O4/c1-28-8-4-7-24-18(26)16(17(25)21-19(24)27)15-9-14(22-23-15)12-10-20-13-6-3-2-5-11(12)13/h2-3,5-6,10,14,20,22,26H,4,7-9H2,1H3,(H,21,25,27)/t14-/m0/s1. The molecule has 2 aromatic heterocycles. The molecular formula is C19H21N5O4. The van der Waals surface area contributed by atoms with Crippen LogP contribution in [0.2, 0.25) is 0 Å². The maximum atomic E-state index is 12.4. The fourth-order valence-electron chi connectivity index (χ4n) is 3.55. The zero-order valence-electron chi connectivity index (χ0n) is 15.4. The summed E-state index contributed by atoms with van der Waals surface area (Å²) in [7, 11) is 1.56. The van der Waals surface area contributed by atoms with Crippen molar-refractivity contribution >= 4 is 16.6 Å². The van der Waals surface area contributed by atoms with Gasteiger partial charge in [-0.05, 0) is 12.5 Å². The van der Waals surface area contributed by atoms with Crippen LogP contribution in [0.3, 0.4) is 0 Å². The molecule has 1 aromatic carbocycles. The zero-order valence-corrected chi connectivity index (χ0v) is 15.4. The highest BCUT2D eigenvalue weighted by Crippen LogP contribution is 2.30. The molecule has 0 radical (unpaired) electrons. The van der Waals surface area contributed by atoms with Gasteiger partial charge in [0.1, 0.15) is 5.56 Å². The number of aromatic nitrogens is 3. The molecule has 3 aromatic rings. The van der Waals surface area contributed by atoms with Crippen molar-refractivity contribution in [1.82, 2.24) is 20.0 Å². The number of para-hydroxylation sites is 1. The first kappa shape index (κ1) is 18.1. The Morgan fingerprint density at radius 2 is 2.14 bits per heavy atom. The van der Waals surface area contributed by atoms with Gasteiger partial charge in [0.15, 0.2) is 0 Å². The summed E-state index contributed by atoms with van der Waals surface area (Å²) in [5, 5.41) is 15.9. The lowest BCUT2D eigenvalue weighted by molar-refractivity contribution is 0.188. The van der Waals surface area contributed by atoms with E-state index >= 15 is 0 Å². The number of rotatable bonds is 6. The lowest BCUT2D eigenvalue weighted by Crippen LogP contribution is -2.34. The number of benzene rings is 1. The van der Waals surface area contributed by atoms with Crippen molar-refractivity contribution in [2.45, 2.75) is 25.4 Å². The number of aromatic amines is 2. The summed E-state index contributed by atoms with van der Waals surface area (Å²) in [5.74, 6) is -0.370. The Morgan fingerprint density at radius 3 is 2.96 bits per heavy atom. The normalized spacial score (nSPS) is 16.3. The van der Waals surface area contributed by atoms with Crippen molar-refractivity contribution < 1.29 is 9.84 Å². The van der Waals surface area contributed by atoms with Gasteiger partial charge in [0.05, 0.1) is 11.8 Å². The molecule has 4 N–H and O–H groups in total. The van der Waals surface area contributed by atoms with E-state index in [9.17, 15) is 14.7 Å². The van der Waals surface area contributed by atoms with Gasteiger partial charge in [0.25, 0.3) is 5.56 Å². The first-order valence-corrected chi connectivity index (χ1v) is 9.03. The Morgan fingerprint density at radius 1 is 1.32 bits per heavy atom. The summed E-state index contributed by atoms with van der Waals surface area (Å²) in [6, 6.07) is 7.78. The first-order valence-electron chi connectivity index (χ1n) is 9.03. The van der Waals surface area contributed by atoms with Crippen LogP contribution in [0.5, 0.6) is 5.88 Å². The molecule has 0 amide bonds. The SMILES string of the molecule is COCCCn1c(O)c(C2=NN[C@H](c3c[nH]c4ccccc34)C2)c(=O)[nH]c1=O. The summed E-state index contributed by atoms with van der Waals surface area (Å²) in [6.07, 6.45) is 2.85. The van der Waals surface area contributed by atoms with E-state index in [1.165, 1.54) is 0 Å². The largest absolute Gasteiger partial charge is 0.494 e. The maximum absolute atomic E-state index is 12.4. The molecule has 146 valence electrons. The molecule has 3 heterocycles. The third kappa shape index (κ3) is 3.09. The molecule has 9 heteroatoms. The highest BCUT2D eigenvalue weighted by atomic mass is 16.5. The van der Waals surface area contributed by atoms with Crippen molar-refractivity contribution in [2.24, 2.45) is 5.10 Å². The van der Waals surface area contributed by atoms with E-state index in [1.54, 1.807) is 7.11 Å². The van der Waals surface area contributed by atoms with Crippen LogP contribution >= 0.6 is 0 Å². The van der Waals surface area contributed by atoms with Crippen molar-refractivity contribution in [3.8, 4) is 5.88 Å². The van der Waals surface area contributed by atoms with E-state index in [1.807, 2.05) is 30.5 Å². The summed E-state index contributed by atoms with van der Waals surface area (Å²) >= 11 is 0. The van der Waals surface area contributed by atoms with Gasteiger partial charge in [-0.15, -0.1) is 0 Å². The minimum atomic E-state index is -0.651. The number of ether oxygens (including phenoxy) is 1.